The van der Waals surface area contributed by atoms with E-state index < -0.39 is 0 Å². The molecule has 0 saturated carbocycles. The highest BCUT2D eigenvalue weighted by Gasteiger charge is 2.23. The third-order valence-corrected chi connectivity index (χ3v) is 4.57. The van der Waals surface area contributed by atoms with Gasteiger partial charge >= 0.3 is 0 Å². The predicted molar refractivity (Wildman–Crippen MR) is 120 cm³/mol. The molecule has 0 amide bonds. The van der Waals surface area contributed by atoms with Gasteiger partial charge in [0.15, 0.2) is 0 Å². The molecule has 3 heteroatoms. The van der Waals surface area contributed by atoms with E-state index in [4.69, 9.17) is 9.47 Å². The molecule has 0 aliphatic rings. The molecule has 0 aliphatic carbocycles. The van der Waals surface area contributed by atoms with Gasteiger partial charge in [-0.2, -0.15) is 0 Å². The predicted octanol–water partition coefficient (Wildman–Crippen LogP) is 6.56. The molecule has 2 rings (SSSR count). The summed E-state index contributed by atoms with van der Waals surface area (Å²) in [7, 11) is 0. The fourth-order valence-electron chi connectivity index (χ4n) is 2.99. The van der Waals surface area contributed by atoms with Crippen LogP contribution in [0.1, 0.15) is 66.5 Å². The van der Waals surface area contributed by atoms with E-state index in [9.17, 15) is 0 Å². The van der Waals surface area contributed by atoms with Crippen LogP contribution in [-0.4, -0.2) is 19.3 Å². The van der Waals surface area contributed by atoms with Crippen molar-refractivity contribution in [1.29, 1.82) is 0 Å². The van der Waals surface area contributed by atoms with Crippen molar-refractivity contribution < 1.29 is 9.47 Å². The molecule has 0 unspecified atom stereocenters. The Morgan fingerprint density at radius 3 is 2.04 bits per heavy atom. The third kappa shape index (κ3) is 6.47. The Balaban J connectivity index is 1.97. The summed E-state index contributed by atoms with van der Waals surface area (Å²) in [6.07, 6.45) is 0.189. The van der Waals surface area contributed by atoms with Crippen LogP contribution in [0.2, 0.25) is 0 Å². The lowest BCUT2D eigenvalue weighted by molar-refractivity contribution is 0.242. The van der Waals surface area contributed by atoms with Gasteiger partial charge < -0.3 is 14.8 Å². The second-order valence-corrected chi connectivity index (χ2v) is 9.68. The Bertz CT molecular complexity index is 750. The maximum Gasteiger partial charge on any atom is 0.123 e. The topological polar surface area (TPSA) is 30.5 Å². The number of benzene rings is 2. The average molecular weight is 384 g/mol. The number of rotatable bonds is 7. The van der Waals surface area contributed by atoms with Crippen molar-refractivity contribution in [2.75, 3.05) is 18.5 Å². The van der Waals surface area contributed by atoms with Crippen LogP contribution in [0.15, 0.2) is 42.5 Å². The van der Waals surface area contributed by atoms with E-state index in [0.717, 1.165) is 23.7 Å². The molecule has 2 aromatic rings. The summed E-state index contributed by atoms with van der Waals surface area (Å²) in [6.45, 7) is 18.9. The second-order valence-electron chi connectivity index (χ2n) is 9.68. The summed E-state index contributed by atoms with van der Waals surface area (Å²) in [5, 5.41) is 3.41. The maximum atomic E-state index is 6.14. The van der Waals surface area contributed by atoms with E-state index in [0.29, 0.717) is 6.61 Å². The van der Waals surface area contributed by atoms with Crippen LogP contribution in [-0.2, 0) is 10.8 Å². The van der Waals surface area contributed by atoms with E-state index in [1.807, 2.05) is 38.1 Å². The zero-order valence-corrected chi connectivity index (χ0v) is 18.8. The van der Waals surface area contributed by atoms with E-state index in [-0.39, 0.29) is 16.9 Å². The third-order valence-electron chi connectivity index (χ3n) is 4.57. The summed E-state index contributed by atoms with van der Waals surface area (Å²) in [5.74, 6) is 1.87. The molecule has 3 nitrogen and oxygen atoms in total. The highest BCUT2D eigenvalue weighted by molar-refractivity contribution is 5.46. The summed E-state index contributed by atoms with van der Waals surface area (Å²) in [5.41, 5.74) is 3.84. The van der Waals surface area contributed by atoms with E-state index in [2.05, 4.69) is 65.1 Å². The molecule has 1 N–H and O–H groups in total. The Morgan fingerprint density at radius 1 is 0.857 bits per heavy atom. The molecule has 0 radical (unpaired) electrons. The number of hydrogen-bond donors (Lipinski definition) is 1. The van der Waals surface area contributed by atoms with Crippen molar-refractivity contribution in [2.45, 2.75) is 72.3 Å². The summed E-state index contributed by atoms with van der Waals surface area (Å²) >= 11 is 0. The van der Waals surface area contributed by atoms with Crippen LogP contribution in [0.25, 0.3) is 0 Å². The lowest BCUT2D eigenvalue weighted by Gasteiger charge is -2.27. The average Bonchev–Trinajstić information content (AvgIpc) is 2.58. The van der Waals surface area contributed by atoms with E-state index in [1.165, 1.54) is 11.1 Å². The fraction of sp³-hybridized carbons (Fsp3) is 0.520. The van der Waals surface area contributed by atoms with Gasteiger partial charge in [0.05, 0.1) is 6.10 Å². The van der Waals surface area contributed by atoms with Crippen LogP contribution < -0.4 is 14.8 Å². The first kappa shape index (κ1) is 22.1. The molecule has 0 fully saturated rings. The molecule has 28 heavy (non-hydrogen) atoms. The number of anilines is 1. The van der Waals surface area contributed by atoms with Crippen LogP contribution >= 0.6 is 0 Å². The molecule has 0 aliphatic heterocycles. The van der Waals surface area contributed by atoms with Crippen molar-refractivity contribution in [3.8, 4) is 11.5 Å². The second kappa shape index (κ2) is 8.89. The van der Waals surface area contributed by atoms with Gasteiger partial charge in [-0.05, 0) is 66.1 Å². The largest absolute Gasteiger partial charge is 0.491 e. The molecule has 0 spiro atoms. The molecule has 0 aromatic heterocycles. The highest BCUT2D eigenvalue weighted by Crippen LogP contribution is 2.35. The molecular weight excluding hydrogens is 346 g/mol. The van der Waals surface area contributed by atoms with Crippen molar-refractivity contribution in [3.63, 3.8) is 0 Å². The van der Waals surface area contributed by atoms with Crippen LogP contribution in [0.5, 0.6) is 11.5 Å². The lowest BCUT2D eigenvalue weighted by Crippen LogP contribution is -2.19. The fourth-order valence-corrected chi connectivity index (χ4v) is 2.99. The molecule has 0 bridgehead atoms. The van der Waals surface area contributed by atoms with Gasteiger partial charge in [0, 0.05) is 12.2 Å². The quantitative estimate of drug-likeness (QED) is 0.549. The molecule has 0 heterocycles. The minimum Gasteiger partial charge on any atom is -0.491 e. The Labute approximate surface area is 171 Å². The zero-order chi connectivity index (χ0) is 20.9. The Morgan fingerprint density at radius 2 is 1.50 bits per heavy atom. The van der Waals surface area contributed by atoms with E-state index in [1.54, 1.807) is 0 Å². The van der Waals surface area contributed by atoms with E-state index >= 15 is 0 Å². The summed E-state index contributed by atoms with van der Waals surface area (Å²) in [4.78, 5) is 0. The molecular formula is C25H37NO2. The number of nitrogens with one attached hydrogen (secondary N) is 1. The Kier molecular flexibility index (Phi) is 7.03. The van der Waals surface area contributed by atoms with Crippen molar-refractivity contribution in [2.24, 2.45) is 0 Å². The molecule has 0 saturated heterocycles. The van der Waals surface area contributed by atoms with Crippen LogP contribution in [0, 0.1) is 0 Å². The minimum absolute atomic E-state index is 0.0380. The van der Waals surface area contributed by atoms with Gasteiger partial charge in [0.1, 0.15) is 18.1 Å². The minimum atomic E-state index is 0.0380. The SMILES string of the molecule is CC(C)Oc1ccc(NCCOc2ccc(C(C)(C)C)cc2C(C)(C)C)cc1. The van der Waals surface area contributed by atoms with Crippen LogP contribution in [0.3, 0.4) is 0 Å². The van der Waals surface area contributed by atoms with Crippen molar-refractivity contribution >= 4 is 5.69 Å². The first-order valence-corrected chi connectivity index (χ1v) is 10.3. The van der Waals surface area contributed by atoms with Crippen molar-refractivity contribution in [1.82, 2.24) is 0 Å². The van der Waals surface area contributed by atoms with Gasteiger partial charge in [0.2, 0.25) is 0 Å². The summed E-state index contributed by atoms with van der Waals surface area (Å²) < 4.78 is 11.8. The molecule has 0 atom stereocenters. The van der Waals surface area contributed by atoms with Crippen LogP contribution in [0.4, 0.5) is 5.69 Å². The number of hydrogen-bond acceptors (Lipinski definition) is 3. The monoisotopic (exact) mass is 383 g/mol. The van der Waals surface area contributed by atoms with Gasteiger partial charge in [0.25, 0.3) is 0 Å². The summed E-state index contributed by atoms with van der Waals surface area (Å²) in [6, 6.07) is 14.7. The molecule has 2 aromatic carbocycles. The zero-order valence-electron chi connectivity index (χ0n) is 18.8. The van der Waals surface area contributed by atoms with Crippen molar-refractivity contribution in [3.05, 3.63) is 53.6 Å². The number of ether oxygens (including phenoxy) is 2. The smallest absolute Gasteiger partial charge is 0.123 e. The standard InChI is InChI=1S/C25H37NO2/c1-18(2)28-21-12-10-20(11-13-21)26-15-16-27-23-14-9-19(24(3,4)5)17-22(23)25(6,7)8/h9-14,17-18,26H,15-16H2,1-8H3. The van der Waals surface area contributed by atoms with Gasteiger partial charge in [-0.15, -0.1) is 0 Å². The first-order chi connectivity index (χ1) is 13.0. The normalized spacial score (nSPS) is 12.2. The van der Waals surface area contributed by atoms with Gasteiger partial charge in [-0.1, -0.05) is 53.7 Å². The molecule has 154 valence electrons. The first-order valence-electron chi connectivity index (χ1n) is 10.3. The maximum absolute atomic E-state index is 6.14. The Hall–Kier alpha value is -2.16. The lowest BCUT2D eigenvalue weighted by atomic mass is 9.80. The van der Waals surface area contributed by atoms with Gasteiger partial charge in [-0.25, -0.2) is 0 Å². The van der Waals surface area contributed by atoms with Gasteiger partial charge in [-0.3, -0.25) is 0 Å². The highest BCUT2D eigenvalue weighted by atomic mass is 16.5.